The van der Waals surface area contributed by atoms with Crippen molar-refractivity contribution in [1.82, 2.24) is 25.5 Å². The predicted molar refractivity (Wildman–Crippen MR) is 110 cm³/mol. The first kappa shape index (κ1) is 20.1. The van der Waals surface area contributed by atoms with E-state index in [2.05, 4.69) is 20.8 Å². The molecule has 4 heterocycles. The molecule has 5 rings (SSSR count). The largest absolute Gasteiger partial charge is 0.442 e. The number of aliphatic hydroxyl groups is 1. The van der Waals surface area contributed by atoms with Crippen LogP contribution < -0.4 is 10.4 Å². The summed E-state index contributed by atoms with van der Waals surface area (Å²) in [5.74, 6) is -0.512. The minimum atomic E-state index is -0.545. The van der Waals surface area contributed by atoms with Crippen LogP contribution >= 0.6 is 0 Å². The first-order valence-electron chi connectivity index (χ1n) is 9.94. The van der Waals surface area contributed by atoms with Gasteiger partial charge in [-0.1, -0.05) is 11.3 Å². The number of anilines is 1. The Hall–Kier alpha value is -3.83. The maximum atomic E-state index is 15.2. The van der Waals surface area contributed by atoms with E-state index in [0.717, 1.165) is 0 Å². The van der Waals surface area contributed by atoms with E-state index in [1.165, 1.54) is 11.0 Å². The van der Waals surface area contributed by atoms with Gasteiger partial charge in [0.1, 0.15) is 18.0 Å². The van der Waals surface area contributed by atoms with Crippen molar-refractivity contribution in [2.24, 2.45) is 0 Å². The molecule has 2 atom stereocenters. The number of rotatable bonds is 6. The van der Waals surface area contributed by atoms with Crippen LogP contribution in [-0.2, 0) is 16.1 Å². The van der Waals surface area contributed by atoms with Crippen LogP contribution in [0.5, 0.6) is 0 Å². The highest BCUT2D eigenvalue weighted by atomic mass is 19.1. The molecular formula is C21H19FN6O4. The van der Waals surface area contributed by atoms with E-state index >= 15 is 4.39 Å². The Bertz CT molecular complexity index is 1170. The number of carbonyl (C=O) groups is 1. The number of pyridine rings is 1. The van der Waals surface area contributed by atoms with Gasteiger partial charge >= 0.3 is 6.09 Å². The fourth-order valence-electron chi connectivity index (χ4n) is 3.70. The number of aromatic nitrogens is 4. The van der Waals surface area contributed by atoms with Crippen molar-refractivity contribution in [1.29, 1.82) is 0 Å². The molecule has 11 heteroatoms. The van der Waals surface area contributed by atoms with Crippen molar-refractivity contribution in [3.8, 4) is 11.1 Å². The van der Waals surface area contributed by atoms with Gasteiger partial charge in [-0.2, -0.15) is 0 Å². The molecule has 2 aromatic heterocycles. The highest BCUT2D eigenvalue weighted by Gasteiger charge is 2.33. The summed E-state index contributed by atoms with van der Waals surface area (Å²) in [6, 6.07) is 8.02. The quantitative estimate of drug-likeness (QED) is 0.598. The number of halogens is 1. The van der Waals surface area contributed by atoms with Crippen LogP contribution in [0.25, 0.3) is 16.8 Å². The lowest BCUT2D eigenvalue weighted by Gasteiger charge is -2.15. The van der Waals surface area contributed by atoms with E-state index in [0.29, 0.717) is 34.8 Å². The summed E-state index contributed by atoms with van der Waals surface area (Å²) in [6.45, 7) is 0.443. The van der Waals surface area contributed by atoms with Gasteiger partial charge in [-0.15, -0.1) is 5.10 Å². The molecule has 1 saturated heterocycles. The molecule has 0 aliphatic carbocycles. The summed E-state index contributed by atoms with van der Waals surface area (Å²) >= 11 is 0. The van der Waals surface area contributed by atoms with Crippen LogP contribution in [0.4, 0.5) is 14.9 Å². The number of hydrogen-bond donors (Lipinski definition) is 2. The highest BCUT2D eigenvalue weighted by molar-refractivity contribution is 5.90. The average Bonchev–Trinajstić information content (AvgIpc) is 3.55. The topological polar surface area (TPSA) is 115 Å². The summed E-state index contributed by atoms with van der Waals surface area (Å²) in [5, 5.41) is 16.9. The fourth-order valence-corrected chi connectivity index (χ4v) is 3.70. The molecule has 2 N–H and O–H groups in total. The summed E-state index contributed by atoms with van der Waals surface area (Å²) < 4.78 is 22.1. The zero-order valence-electron chi connectivity index (χ0n) is 16.8. The Morgan fingerprint density at radius 1 is 1.25 bits per heavy atom. The maximum Gasteiger partial charge on any atom is 0.414 e. The maximum absolute atomic E-state index is 15.2. The third-order valence-electron chi connectivity index (χ3n) is 5.21. The molecule has 0 unspecified atom stereocenters. The Morgan fingerprint density at radius 2 is 2.16 bits per heavy atom. The first-order chi connectivity index (χ1) is 15.6. The SMILES string of the molecule is O=C1O[C@@H](Cn2ccnn2)CN1c1ccc(-c2cccnc2C2=C[C@@H](CO)ON2)c(F)c1. The minimum Gasteiger partial charge on any atom is -0.442 e. The molecule has 10 nitrogen and oxygen atoms in total. The number of cyclic esters (lactones) is 1. The van der Waals surface area contributed by atoms with Crippen molar-refractivity contribution >= 4 is 17.5 Å². The molecule has 0 bridgehead atoms. The van der Waals surface area contributed by atoms with Gasteiger partial charge < -0.3 is 9.84 Å². The number of hydrogen-bond acceptors (Lipinski definition) is 8. The van der Waals surface area contributed by atoms with Gasteiger partial charge in [-0.05, 0) is 30.3 Å². The summed E-state index contributed by atoms with van der Waals surface area (Å²) in [6.07, 6.45) is 5.04. The molecule has 0 radical (unpaired) electrons. The second kappa shape index (κ2) is 8.36. The number of ether oxygens (including phenoxy) is 1. The molecule has 3 aromatic rings. The Morgan fingerprint density at radius 3 is 2.91 bits per heavy atom. The highest BCUT2D eigenvalue weighted by Crippen LogP contribution is 2.33. The lowest BCUT2D eigenvalue weighted by molar-refractivity contribution is 0.0172. The zero-order chi connectivity index (χ0) is 22.1. The second-order valence-corrected chi connectivity index (χ2v) is 7.33. The number of hydroxylamine groups is 1. The van der Waals surface area contributed by atoms with Gasteiger partial charge in [0.25, 0.3) is 0 Å². The van der Waals surface area contributed by atoms with Crippen molar-refractivity contribution in [3.63, 3.8) is 0 Å². The second-order valence-electron chi connectivity index (χ2n) is 7.33. The standard InChI is InChI=1S/C21H19FN6O4/c22-18-8-13(28-11-15(31-21(28)30)10-27-7-6-24-26-27)3-4-16(18)17-2-1-5-23-20(17)19-9-14(12-29)32-25-19/h1-9,14-15,25,29H,10-12H2/t14-,15-/m0/s1. The fraction of sp³-hybridized carbons (Fsp3) is 0.238. The number of nitrogens with zero attached hydrogens (tertiary/aromatic N) is 5. The monoisotopic (exact) mass is 438 g/mol. The van der Waals surface area contributed by atoms with Crippen LogP contribution in [0.15, 0.2) is 55.0 Å². The molecule has 0 spiro atoms. The average molecular weight is 438 g/mol. The molecule has 0 saturated carbocycles. The number of carbonyl (C=O) groups excluding carboxylic acids is 1. The molecule has 32 heavy (non-hydrogen) atoms. The number of aliphatic hydroxyl groups excluding tert-OH is 1. The van der Waals surface area contributed by atoms with Crippen molar-refractivity contribution in [2.75, 3.05) is 18.1 Å². The summed E-state index contributed by atoms with van der Waals surface area (Å²) in [7, 11) is 0. The van der Waals surface area contributed by atoms with Crippen LogP contribution in [-0.4, -0.2) is 56.5 Å². The van der Waals surface area contributed by atoms with Gasteiger partial charge in [0.15, 0.2) is 0 Å². The molecule has 2 aliphatic rings. The van der Waals surface area contributed by atoms with Crippen molar-refractivity contribution < 1.29 is 23.9 Å². The molecule has 1 aromatic carbocycles. The van der Waals surface area contributed by atoms with E-state index in [1.54, 1.807) is 53.6 Å². The number of amides is 1. The van der Waals surface area contributed by atoms with Gasteiger partial charge in [-0.3, -0.25) is 20.2 Å². The van der Waals surface area contributed by atoms with Crippen LogP contribution in [0.2, 0.25) is 0 Å². The third kappa shape index (κ3) is 3.79. The van der Waals surface area contributed by atoms with Crippen molar-refractivity contribution in [3.05, 3.63) is 66.5 Å². The Balaban J connectivity index is 1.40. The van der Waals surface area contributed by atoms with Gasteiger partial charge in [0, 0.05) is 23.5 Å². The minimum absolute atomic E-state index is 0.189. The van der Waals surface area contributed by atoms with E-state index < -0.39 is 24.1 Å². The molecular weight excluding hydrogens is 419 g/mol. The van der Waals surface area contributed by atoms with E-state index in [9.17, 15) is 9.90 Å². The van der Waals surface area contributed by atoms with E-state index in [4.69, 9.17) is 9.57 Å². The smallest absolute Gasteiger partial charge is 0.414 e. The lowest BCUT2D eigenvalue weighted by Crippen LogP contribution is -2.26. The Labute approximate surface area is 181 Å². The summed E-state index contributed by atoms with van der Waals surface area (Å²) in [4.78, 5) is 23.3. The molecule has 1 fully saturated rings. The lowest BCUT2D eigenvalue weighted by atomic mass is 10.0. The summed E-state index contributed by atoms with van der Waals surface area (Å²) in [5.41, 5.74) is 5.01. The number of nitrogens with one attached hydrogen (secondary N) is 1. The predicted octanol–water partition coefficient (Wildman–Crippen LogP) is 1.74. The molecule has 2 aliphatic heterocycles. The van der Waals surface area contributed by atoms with Crippen LogP contribution in [0.3, 0.4) is 0 Å². The van der Waals surface area contributed by atoms with Gasteiger partial charge in [-0.25, -0.2) is 13.9 Å². The van der Waals surface area contributed by atoms with Crippen LogP contribution in [0.1, 0.15) is 5.69 Å². The first-order valence-corrected chi connectivity index (χ1v) is 9.94. The Kier molecular flexibility index (Phi) is 5.25. The molecule has 164 valence electrons. The van der Waals surface area contributed by atoms with E-state index in [-0.39, 0.29) is 13.2 Å². The van der Waals surface area contributed by atoms with E-state index in [1.807, 2.05) is 0 Å². The van der Waals surface area contributed by atoms with Gasteiger partial charge in [0.2, 0.25) is 0 Å². The number of benzene rings is 1. The van der Waals surface area contributed by atoms with Crippen LogP contribution in [0, 0.1) is 5.82 Å². The van der Waals surface area contributed by atoms with Gasteiger partial charge in [0.05, 0.1) is 43.0 Å². The normalized spacial score (nSPS) is 20.2. The zero-order valence-corrected chi connectivity index (χ0v) is 16.8. The third-order valence-corrected chi connectivity index (χ3v) is 5.21. The van der Waals surface area contributed by atoms with Crippen molar-refractivity contribution in [2.45, 2.75) is 18.8 Å². The molecule has 1 amide bonds.